The van der Waals surface area contributed by atoms with E-state index in [4.69, 9.17) is 5.73 Å². The Morgan fingerprint density at radius 3 is 2.56 bits per heavy atom. The molecule has 0 unspecified atom stereocenters. The van der Waals surface area contributed by atoms with Gasteiger partial charge < -0.3 is 11.1 Å². The number of hydrogen-bond donors (Lipinski definition) is 2. The summed E-state index contributed by atoms with van der Waals surface area (Å²) in [6.07, 6.45) is 4.49. The van der Waals surface area contributed by atoms with Crippen LogP contribution in [0.3, 0.4) is 0 Å². The fraction of sp³-hybridized carbons (Fsp3) is 0.185. The van der Waals surface area contributed by atoms with E-state index in [2.05, 4.69) is 35.5 Å². The number of nitrogens with one attached hydrogen (secondary N) is 1. The first-order valence-corrected chi connectivity index (χ1v) is 11.0. The Labute approximate surface area is 187 Å². The third-order valence-corrected chi connectivity index (χ3v) is 6.07. The number of benzene rings is 3. The van der Waals surface area contributed by atoms with Crippen LogP contribution in [0, 0.1) is 6.92 Å². The Balaban J connectivity index is 1.36. The van der Waals surface area contributed by atoms with E-state index in [1.165, 1.54) is 29.5 Å². The number of aryl methyl sites for hydroxylation is 2. The summed E-state index contributed by atoms with van der Waals surface area (Å²) in [6, 6.07) is 23.6. The zero-order valence-electron chi connectivity index (χ0n) is 18.1. The smallest absolute Gasteiger partial charge is 0.255 e. The van der Waals surface area contributed by atoms with E-state index in [0.29, 0.717) is 11.4 Å². The lowest BCUT2D eigenvalue weighted by atomic mass is 9.90. The van der Waals surface area contributed by atoms with Crippen LogP contribution in [0.4, 0.5) is 11.5 Å². The summed E-state index contributed by atoms with van der Waals surface area (Å²) in [4.78, 5) is 12.9. The molecule has 0 radical (unpaired) electrons. The summed E-state index contributed by atoms with van der Waals surface area (Å²) in [5.74, 6) is 0.444. The average molecular weight is 423 g/mol. The molecule has 0 aliphatic heterocycles. The summed E-state index contributed by atoms with van der Waals surface area (Å²) in [7, 11) is 0. The first kappa shape index (κ1) is 20.1. The van der Waals surface area contributed by atoms with Crippen molar-refractivity contribution < 1.29 is 4.79 Å². The molecule has 0 saturated carbocycles. The second-order valence-electron chi connectivity index (χ2n) is 8.39. The maximum absolute atomic E-state index is 12.9. The Morgan fingerprint density at radius 2 is 1.75 bits per heavy atom. The molecule has 1 aliphatic carbocycles. The standard InChI is InChI=1S/C27H26N4O/c1-18-6-4-9-21(16-18)25-17-26(28)31(30-25)22-14-12-20(13-15-22)27(32)29-24-11-5-8-19-7-2-3-10-23(19)24/h4-6,8-9,11-17H,2-3,7,10,28H2,1H3,(H,29,32). The first-order chi connectivity index (χ1) is 15.6. The molecule has 0 spiro atoms. The molecule has 5 nitrogen and oxygen atoms in total. The molecule has 1 heterocycles. The van der Waals surface area contributed by atoms with Crippen LogP contribution in [-0.4, -0.2) is 15.7 Å². The molecule has 1 aliphatic rings. The maximum atomic E-state index is 12.9. The lowest BCUT2D eigenvalue weighted by Crippen LogP contribution is -2.15. The van der Waals surface area contributed by atoms with Crippen molar-refractivity contribution in [2.24, 2.45) is 0 Å². The highest BCUT2D eigenvalue weighted by atomic mass is 16.1. The van der Waals surface area contributed by atoms with Crippen molar-refractivity contribution in [3.05, 3.63) is 95.1 Å². The molecule has 4 aromatic rings. The lowest BCUT2D eigenvalue weighted by Gasteiger charge is -2.19. The Hall–Kier alpha value is -3.86. The van der Waals surface area contributed by atoms with Crippen LogP contribution < -0.4 is 11.1 Å². The van der Waals surface area contributed by atoms with Crippen molar-refractivity contribution in [2.45, 2.75) is 32.6 Å². The van der Waals surface area contributed by atoms with Gasteiger partial charge in [0, 0.05) is 22.9 Å². The van der Waals surface area contributed by atoms with Gasteiger partial charge in [-0.25, -0.2) is 4.68 Å². The van der Waals surface area contributed by atoms with E-state index >= 15 is 0 Å². The monoisotopic (exact) mass is 422 g/mol. The van der Waals surface area contributed by atoms with E-state index < -0.39 is 0 Å². The number of nitrogens with two attached hydrogens (primary N) is 1. The van der Waals surface area contributed by atoms with Gasteiger partial charge in [-0.3, -0.25) is 4.79 Å². The van der Waals surface area contributed by atoms with Gasteiger partial charge in [0.15, 0.2) is 0 Å². The van der Waals surface area contributed by atoms with Gasteiger partial charge in [0.1, 0.15) is 5.82 Å². The van der Waals surface area contributed by atoms with E-state index in [1.807, 2.05) is 54.6 Å². The molecule has 0 saturated heterocycles. The predicted octanol–water partition coefficient (Wildman–Crippen LogP) is 5.56. The highest BCUT2D eigenvalue weighted by Crippen LogP contribution is 2.28. The minimum Gasteiger partial charge on any atom is -0.384 e. The number of nitrogens with zero attached hydrogens (tertiary/aromatic N) is 2. The zero-order chi connectivity index (χ0) is 22.1. The molecule has 3 aromatic carbocycles. The fourth-order valence-corrected chi connectivity index (χ4v) is 4.39. The zero-order valence-corrected chi connectivity index (χ0v) is 18.1. The van der Waals surface area contributed by atoms with Gasteiger partial charge in [0.2, 0.25) is 0 Å². The molecule has 0 fully saturated rings. The lowest BCUT2D eigenvalue weighted by molar-refractivity contribution is 0.102. The van der Waals surface area contributed by atoms with E-state index in [-0.39, 0.29) is 5.91 Å². The Kier molecular flexibility index (Phi) is 5.23. The number of fused-ring (bicyclic) bond motifs is 1. The van der Waals surface area contributed by atoms with Crippen molar-refractivity contribution >= 4 is 17.4 Å². The minimum absolute atomic E-state index is 0.107. The minimum atomic E-state index is -0.107. The Morgan fingerprint density at radius 1 is 0.969 bits per heavy atom. The van der Waals surface area contributed by atoms with E-state index in [9.17, 15) is 4.79 Å². The summed E-state index contributed by atoms with van der Waals surface area (Å²) >= 11 is 0. The summed E-state index contributed by atoms with van der Waals surface area (Å²) < 4.78 is 1.70. The number of nitrogen functional groups attached to an aromatic ring is 1. The largest absolute Gasteiger partial charge is 0.384 e. The van der Waals surface area contributed by atoms with Crippen LogP contribution in [0.1, 0.15) is 39.9 Å². The van der Waals surface area contributed by atoms with Crippen molar-refractivity contribution in [3.63, 3.8) is 0 Å². The normalized spacial score (nSPS) is 12.9. The SMILES string of the molecule is Cc1cccc(-c2cc(N)n(-c3ccc(C(=O)Nc4cccc5c4CCCC5)cc3)n2)c1. The number of carbonyl (C=O) groups is 1. The van der Waals surface area contributed by atoms with Crippen molar-refractivity contribution in [1.82, 2.24) is 9.78 Å². The van der Waals surface area contributed by atoms with Gasteiger partial charge in [-0.1, -0.05) is 35.9 Å². The van der Waals surface area contributed by atoms with Gasteiger partial charge >= 0.3 is 0 Å². The molecule has 32 heavy (non-hydrogen) atoms. The second kappa shape index (κ2) is 8.35. The molecule has 1 amide bonds. The van der Waals surface area contributed by atoms with Crippen LogP contribution in [0.2, 0.25) is 0 Å². The van der Waals surface area contributed by atoms with E-state index in [0.717, 1.165) is 35.5 Å². The molecule has 5 heteroatoms. The van der Waals surface area contributed by atoms with Crippen LogP contribution >= 0.6 is 0 Å². The third-order valence-electron chi connectivity index (χ3n) is 6.07. The molecule has 160 valence electrons. The van der Waals surface area contributed by atoms with Gasteiger partial charge in [0.05, 0.1) is 11.4 Å². The first-order valence-electron chi connectivity index (χ1n) is 11.0. The number of rotatable bonds is 4. The topological polar surface area (TPSA) is 72.9 Å². The molecule has 0 atom stereocenters. The quantitative estimate of drug-likeness (QED) is 0.452. The van der Waals surface area contributed by atoms with Gasteiger partial charge in [0.25, 0.3) is 5.91 Å². The number of amides is 1. The molecular weight excluding hydrogens is 396 g/mol. The summed E-state index contributed by atoms with van der Waals surface area (Å²) in [5, 5.41) is 7.77. The van der Waals surface area contributed by atoms with Gasteiger partial charge in [-0.15, -0.1) is 0 Å². The van der Waals surface area contributed by atoms with Crippen LogP contribution in [-0.2, 0) is 12.8 Å². The number of carbonyl (C=O) groups excluding carboxylic acids is 1. The highest BCUT2D eigenvalue weighted by Gasteiger charge is 2.16. The predicted molar refractivity (Wildman–Crippen MR) is 129 cm³/mol. The van der Waals surface area contributed by atoms with Gasteiger partial charge in [-0.2, -0.15) is 5.10 Å². The third kappa shape index (κ3) is 3.89. The Bertz CT molecular complexity index is 1290. The molecule has 1 aromatic heterocycles. The fourth-order valence-electron chi connectivity index (χ4n) is 4.39. The van der Waals surface area contributed by atoms with Crippen molar-refractivity contribution in [2.75, 3.05) is 11.1 Å². The van der Waals surface area contributed by atoms with Crippen LogP contribution in [0.15, 0.2) is 72.8 Å². The average Bonchev–Trinajstić information content (AvgIpc) is 3.21. The molecule has 0 bridgehead atoms. The number of hydrogen-bond acceptors (Lipinski definition) is 3. The summed E-state index contributed by atoms with van der Waals surface area (Å²) in [5.41, 5.74) is 14.2. The summed E-state index contributed by atoms with van der Waals surface area (Å²) in [6.45, 7) is 2.05. The molecular formula is C27H26N4O. The maximum Gasteiger partial charge on any atom is 0.255 e. The van der Waals surface area contributed by atoms with Crippen LogP contribution in [0.25, 0.3) is 16.9 Å². The van der Waals surface area contributed by atoms with E-state index in [1.54, 1.807) is 4.68 Å². The highest BCUT2D eigenvalue weighted by molar-refractivity contribution is 6.04. The number of anilines is 2. The number of aromatic nitrogens is 2. The molecule has 3 N–H and O–H groups in total. The van der Waals surface area contributed by atoms with Crippen LogP contribution in [0.5, 0.6) is 0 Å². The van der Waals surface area contributed by atoms with Gasteiger partial charge in [-0.05, 0) is 80.1 Å². The molecule has 5 rings (SSSR count). The van der Waals surface area contributed by atoms with Crippen molar-refractivity contribution in [1.29, 1.82) is 0 Å². The second-order valence-corrected chi connectivity index (χ2v) is 8.39. The van der Waals surface area contributed by atoms with Crippen molar-refractivity contribution in [3.8, 4) is 16.9 Å².